The van der Waals surface area contributed by atoms with Crippen molar-refractivity contribution in [2.24, 2.45) is 11.7 Å². The van der Waals surface area contributed by atoms with Gasteiger partial charge in [-0.15, -0.1) is 0 Å². The Morgan fingerprint density at radius 1 is 1.24 bits per heavy atom. The third kappa shape index (κ3) is 3.89. The van der Waals surface area contributed by atoms with Gasteiger partial charge in [-0.2, -0.15) is 0 Å². The molecule has 17 heavy (non-hydrogen) atoms. The summed E-state index contributed by atoms with van der Waals surface area (Å²) in [5, 5.41) is 0. The Kier molecular flexibility index (Phi) is 5.78. The first-order chi connectivity index (χ1) is 8.12. The maximum absolute atomic E-state index is 5.57. The van der Waals surface area contributed by atoms with Crippen molar-refractivity contribution in [1.82, 2.24) is 0 Å². The van der Waals surface area contributed by atoms with Crippen molar-refractivity contribution >= 4 is 15.9 Å². The molecule has 1 aromatic carbocycles. The lowest BCUT2D eigenvalue weighted by Gasteiger charge is -2.15. The molecule has 96 valence electrons. The summed E-state index contributed by atoms with van der Waals surface area (Å²) in [5.74, 6) is 2.08. The molecule has 1 unspecified atom stereocenters. The van der Waals surface area contributed by atoms with Crippen LogP contribution in [0.3, 0.4) is 0 Å². The first-order valence-electron chi connectivity index (χ1n) is 5.72. The zero-order chi connectivity index (χ0) is 12.8. The molecule has 0 aliphatic carbocycles. The van der Waals surface area contributed by atoms with E-state index in [4.69, 9.17) is 15.2 Å². The molecule has 0 aliphatic heterocycles. The van der Waals surface area contributed by atoms with Gasteiger partial charge in [0.1, 0.15) is 0 Å². The predicted molar refractivity (Wildman–Crippen MR) is 73.8 cm³/mol. The Balaban J connectivity index is 2.92. The minimum absolute atomic E-state index is 0.564. The van der Waals surface area contributed by atoms with E-state index in [1.54, 1.807) is 14.2 Å². The van der Waals surface area contributed by atoms with E-state index in [2.05, 4.69) is 22.9 Å². The van der Waals surface area contributed by atoms with Gasteiger partial charge < -0.3 is 15.2 Å². The Labute approximate surface area is 111 Å². The standard InChI is InChI=1S/C13H20BrNO2/c1-9(4-5-15)6-10-7-12(16-2)13(17-3)8-11(10)14/h7-9H,4-6,15H2,1-3H3. The quantitative estimate of drug-likeness (QED) is 0.878. The van der Waals surface area contributed by atoms with Gasteiger partial charge in [0.05, 0.1) is 14.2 Å². The third-order valence-corrected chi connectivity index (χ3v) is 3.52. The van der Waals surface area contributed by atoms with E-state index in [1.165, 1.54) is 5.56 Å². The van der Waals surface area contributed by atoms with Gasteiger partial charge in [0.2, 0.25) is 0 Å². The molecule has 0 aliphatic rings. The van der Waals surface area contributed by atoms with Gasteiger partial charge in [-0.3, -0.25) is 0 Å². The highest BCUT2D eigenvalue weighted by Crippen LogP contribution is 2.34. The monoisotopic (exact) mass is 301 g/mol. The van der Waals surface area contributed by atoms with Crippen molar-refractivity contribution in [3.63, 3.8) is 0 Å². The van der Waals surface area contributed by atoms with Crippen molar-refractivity contribution < 1.29 is 9.47 Å². The summed E-state index contributed by atoms with van der Waals surface area (Å²) in [7, 11) is 3.29. The largest absolute Gasteiger partial charge is 0.493 e. The topological polar surface area (TPSA) is 44.5 Å². The van der Waals surface area contributed by atoms with E-state index in [0.717, 1.165) is 35.4 Å². The summed E-state index contributed by atoms with van der Waals surface area (Å²) in [6.07, 6.45) is 2.01. The highest BCUT2D eigenvalue weighted by molar-refractivity contribution is 9.10. The van der Waals surface area contributed by atoms with Gasteiger partial charge in [0.15, 0.2) is 11.5 Å². The van der Waals surface area contributed by atoms with E-state index in [9.17, 15) is 0 Å². The minimum Gasteiger partial charge on any atom is -0.493 e. The van der Waals surface area contributed by atoms with Gasteiger partial charge >= 0.3 is 0 Å². The Morgan fingerprint density at radius 2 is 1.82 bits per heavy atom. The Hall–Kier alpha value is -0.740. The molecule has 4 heteroatoms. The zero-order valence-corrected chi connectivity index (χ0v) is 12.2. The molecule has 0 bridgehead atoms. The molecule has 3 nitrogen and oxygen atoms in total. The Bertz CT molecular complexity index is 369. The molecule has 1 atom stereocenters. The number of benzene rings is 1. The maximum Gasteiger partial charge on any atom is 0.161 e. The SMILES string of the molecule is COc1cc(Br)c(CC(C)CCN)cc1OC. The van der Waals surface area contributed by atoms with Crippen LogP contribution >= 0.6 is 15.9 Å². The number of nitrogens with two attached hydrogens (primary N) is 1. The number of halogens is 1. The van der Waals surface area contributed by atoms with Crippen LogP contribution in [0, 0.1) is 5.92 Å². The van der Waals surface area contributed by atoms with Crippen LogP contribution in [0.1, 0.15) is 18.9 Å². The van der Waals surface area contributed by atoms with Crippen LogP contribution in [0.5, 0.6) is 11.5 Å². The second-order valence-corrected chi connectivity index (χ2v) is 5.04. The molecule has 0 radical (unpaired) electrons. The van der Waals surface area contributed by atoms with Gasteiger partial charge in [0, 0.05) is 4.47 Å². The maximum atomic E-state index is 5.57. The number of hydrogen-bond acceptors (Lipinski definition) is 3. The van der Waals surface area contributed by atoms with Crippen molar-refractivity contribution in [1.29, 1.82) is 0 Å². The van der Waals surface area contributed by atoms with Crippen LogP contribution in [0.4, 0.5) is 0 Å². The molecule has 0 fully saturated rings. The average molecular weight is 302 g/mol. The second-order valence-electron chi connectivity index (χ2n) is 4.19. The summed E-state index contributed by atoms with van der Waals surface area (Å²) in [5.41, 5.74) is 6.79. The fraction of sp³-hybridized carbons (Fsp3) is 0.538. The van der Waals surface area contributed by atoms with Gasteiger partial charge in [-0.1, -0.05) is 22.9 Å². The van der Waals surface area contributed by atoms with Gasteiger partial charge in [0.25, 0.3) is 0 Å². The summed E-state index contributed by atoms with van der Waals surface area (Å²) < 4.78 is 11.6. The summed E-state index contributed by atoms with van der Waals surface area (Å²) >= 11 is 3.56. The molecule has 0 spiro atoms. The summed E-state index contributed by atoms with van der Waals surface area (Å²) in [4.78, 5) is 0. The smallest absolute Gasteiger partial charge is 0.161 e. The van der Waals surface area contributed by atoms with Crippen LogP contribution < -0.4 is 15.2 Å². The van der Waals surface area contributed by atoms with Crippen molar-refractivity contribution in [2.45, 2.75) is 19.8 Å². The summed E-state index contributed by atoms with van der Waals surface area (Å²) in [6.45, 7) is 2.93. The third-order valence-electron chi connectivity index (χ3n) is 2.78. The molecule has 1 rings (SSSR count). The molecule has 2 N–H and O–H groups in total. The molecule has 0 saturated carbocycles. The molecule has 0 amide bonds. The first kappa shape index (κ1) is 14.3. The lowest BCUT2D eigenvalue weighted by atomic mass is 9.98. The number of ether oxygens (including phenoxy) is 2. The van der Waals surface area contributed by atoms with Crippen LogP contribution in [-0.2, 0) is 6.42 Å². The van der Waals surface area contributed by atoms with Crippen LogP contribution in [0.25, 0.3) is 0 Å². The van der Waals surface area contributed by atoms with Crippen LogP contribution in [0.15, 0.2) is 16.6 Å². The number of rotatable bonds is 6. The molecular formula is C13H20BrNO2. The second kappa shape index (κ2) is 6.87. The Morgan fingerprint density at radius 3 is 2.35 bits per heavy atom. The van der Waals surface area contributed by atoms with E-state index in [0.29, 0.717) is 5.92 Å². The van der Waals surface area contributed by atoms with E-state index >= 15 is 0 Å². The van der Waals surface area contributed by atoms with E-state index in [1.807, 2.05) is 12.1 Å². The molecule has 0 heterocycles. The van der Waals surface area contributed by atoms with Gasteiger partial charge in [-0.05, 0) is 43.0 Å². The highest BCUT2D eigenvalue weighted by Gasteiger charge is 2.11. The van der Waals surface area contributed by atoms with Crippen molar-refractivity contribution in [3.05, 3.63) is 22.2 Å². The molecule has 0 aromatic heterocycles. The predicted octanol–water partition coefficient (Wildman–Crippen LogP) is 2.99. The fourth-order valence-corrected chi connectivity index (χ4v) is 2.30. The fourth-order valence-electron chi connectivity index (χ4n) is 1.81. The van der Waals surface area contributed by atoms with Crippen molar-refractivity contribution in [2.75, 3.05) is 20.8 Å². The first-order valence-corrected chi connectivity index (χ1v) is 6.52. The normalized spacial score (nSPS) is 12.3. The molecular weight excluding hydrogens is 282 g/mol. The lowest BCUT2D eigenvalue weighted by Crippen LogP contribution is -2.08. The molecule has 1 aromatic rings. The minimum atomic E-state index is 0.564. The number of hydrogen-bond donors (Lipinski definition) is 1. The number of methoxy groups -OCH3 is 2. The average Bonchev–Trinajstić information content (AvgIpc) is 2.31. The zero-order valence-electron chi connectivity index (χ0n) is 10.6. The van der Waals surface area contributed by atoms with E-state index in [-0.39, 0.29) is 0 Å². The van der Waals surface area contributed by atoms with Crippen LogP contribution in [-0.4, -0.2) is 20.8 Å². The van der Waals surface area contributed by atoms with Gasteiger partial charge in [-0.25, -0.2) is 0 Å². The lowest BCUT2D eigenvalue weighted by molar-refractivity contribution is 0.354. The summed E-state index contributed by atoms with van der Waals surface area (Å²) in [6, 6.07) is 3.97. The van der Waals surface area contributed by atoms with Crippen LogP contribution in [0.2, 0.25) is 0 Å². The highest BCUT2D eigenvalue weighted by atomic mass is 79.9. The van der Waals surface area contributed by atoms with Crippen molar-refractivity contribution in [3.8, 4) is 11.5 Å². The molecule has 0 saturated heterocycles. The van der Waals surface area contributed by atoms with E-state index < -0.39 is 0 Å².